The van der Waals surface area contributed by atoms with Crippen molar-refractivity contribution in [1.29, 1.82) is 0 Å². The summed E-state index contributed by atoms with van der Waals surface area (Å²) in [7, 11) is 1.34. The Morgan fingerprint density at radius 1 is 1.27 bits per heavy atom. The minimum absolute atomic E-state index is 0.0250. The summed E-state index contributed by atoms with van der Waals surface area (Å²) in [6.07, 6.45) is -0.238. The quantitative estimate of drug-likeness (QED) is 0.862. The molecule has 116 valence electrons. The Balaban J connectivity index is 1.88. The second-order valence-corrected chi connectivity index (χ2v) is 4.82. The van der Waals surface area contributed by atoms with Crippen LogP contribution in [0.3, 0.4) is 0 Å². The van der Waals surface area contributed by atoms with Crippen LogP contribution in [0.25, 0.3) is 0 Å². The van der Waals surface area contributed by atoms with Gasteiger partial charge in [-0.2, -0.15) is 0 Å². The Kier molecular flexibility index (Phi) is 5.49. The summed E-state index contributed by atoms with van der Waals surface area (Å²) in [5.74, 6) is -0.825. The molecular formula is C17H18FNO3. The summed E-state index contributed by atoms with van der Waals surface area (Å²) in [5.41, 5.74) is 1.12. The maximum atomic E-state index is 13.3. The van der Waals surface area contributed by atoms with Gasteiger partial charge in [0.2, 0.25) is 0 Å². The van der Waals surface area contributed by atoms with E-state index in [4.69, 9.17) is 4.74 Å². The van der Waals surface area contributed by atoms with Crippen molar-refractivity contribution in [1.82, 2.24) is 5.32 Å². The zero-order valence-electron chi connectivity index (χ0n) is 12.3. The fraction of sp³-hybridized carbons (Fsp3) is 0.235. The molecule has 5 heteroatoms. The summed E-state index contributed by atoms with van der Waals surface area (Å²) in [5, 5.41) is 12.7. The summed E-state index contributed by atoms with van der Waals surface area (Å²) in [6, 6.07) is 13.2. The lowest BCUT2D eigenvalue weighted by molar-refractivity contribution is 0.0942. The van der Waals surface area contributed by atoms with Crippen molar-refractivity contribution in [2.45, 2.75) is 12.5 Å². The highest BCUT2D eigenvalue weighted by Gasteiger charge is 2.11. The van der Waals surface area contributed by atoms with Gasteiger partial charge in [0.15, 0.2) is 11.6 Å². The van der Waals surface area contributed by atoms with Gasteiger partial charge in [0.25, 0.3) is 5.91 Å². The summed E-state index contributed by atoms with van der Waals surface area (Å²) in [6.45, 7) is 0.314. The van der Waals surface area contributed by atoms with Crippen LogP contribution in [0.4, 0.5) is 4.39 Å². The molecule has 0 heterocycles. The largest absolute Gasteiger partial charge is 0.494 e. The van der Waals surface area contributed by atoms with Crippen LogP contribution in [-0.2, 0) is 0 Å². The van der Waals surface area contributed by atoms with Gasteiger partial charge >= 0.3 is 0 Å². The second kappa shape index (κ2) is 7.56. The number of aliphatic hydroxyl groups excluding tert-OH is 1. The van der Waals surface area contributed by atoms with Crippen LogP contribution >= 0.6 is 0 Å². The van der Waals surface area contributed by atoms with Gasteiger partial charge in [0.05, 0.1) is 13.2 Å². The molecule has 4 nitrogen and oxygen atoms in total. The van der Waals surface area contributed by atoms with E-state index < -0.39 is 11.9 Å². The number of halogens is 1. The van der Waals surface area contributed by atoms with Crippen molar-refractivity contribution in [3.05, 3.63) is 65.5 Å². The SMILES string of the molecule is COc1cc(C(=O)NCCC(O)c2ccccc2)ccc1F. The van der Waals surface area contributed by atoms with Crippen LogP contribution in [0.2, 0.25) is 0 Å². The van der Waals surface area contributed by atoms with Crippen LogP contribution in [0.1, 0.15) is 28.4 Å². The van der Waals surface area contributed by atoms with Crippen molar-refractivity contribution < 1.29 is 19.0 Å². The lowest BCUT2D eigenvalue weighted by atomic mass is 10.1. The van der Waals surface area contributed by atoms with Crippen molar-refractivity contribution >= 4 is 5.91 Å². The standard InChI is InChI=1S/C17H18FNO3/c1-22-16-11-13(7-8-14(16)18)17(21)19-10-9-15(20)12-5-3-2-4-6-12/h2-8,11,15,20H,9-10H2,1H3,(H,19,21). The Hall–Kier alpha value is -2.40. The first-order valence-electron chi connectivity index (χ1n) is 6.96. The lowest BCUT2D eigenvalue weighted by Crippen LogP contribution is -2.25. The first-order chi connectivity index (χ1) is 10.6. The number of hydrogen-bond acceptors (Lipinski definition) is 3. The number of hydrogen-bond donors (Lipinski definition) is 2. The smallest absolute Gasteiger partial charge is 0.251 e. The van der Waals surface area contributed by atoms with Crippen LogP contribution in [0.15, 0.2) is 48.5 Å². The van der Waals surface area contributed by atoms with Gasteiger partial charge in [0, 0.05) is 12.1 Å². The van der Waals surface area contributed by atoms with Gasteiger partial charge < -0.3 is 15.2 Å². The van der Waals surface area contributed by atoms with Crippen molar-refractivity contribution in [3.63, 3.8) is 0 Å². The third-order valence-corrected chi connectivity index (χ3v) is 3.30. The number of carbonyl (C=O) groups is 1. The van der Waals surface area contributed by atoms with E-state index in [0.29, 0.717) is 18.5 Å². The fourth-order valence-electron chi connectivity index (χ4n) is 2.07. The van der Waals surface area contributed by atoms with E-state index in [2.05, 4.69) is 5.32 Å². The van der Waals surface area contributed by atoms with E-state index in [9.17, 15) is 14.3 Å². The molecule has 1 atom stereocenters. The third-order valence-electron chi connectivity index (χ3n) is 3.30. The van der Waals surface area contributed by atoms with E-state index in [0.717, 1.165) is 5.56 Å². The molecular weight excluding hydrogens is 285 g/mol. The van der Waals surface area contributed by atoms with Crippen LogP contribution < -0.4 is 10.1 Å². The Bertz CT molecular complexity index is 631. The number of ether oxygens (including phenoxy) is 1. The highest BCUT2D eigenvalue weighted by Crippen LogP contribution is 2.18. The number of benzene rings is 2. The number of amides is 1. The molecule has 0 spiro atoms. The number of aliphatic hydroxyl groups is 1. The molecule has 2 rings (SSSR count). The van der Waals surface area contributed by atoms with E-state index >= 15 is 0 Å². The summed E-state index contributed by atoms with van der Waals surface area (Å²) < 4.78 is 18.1. The average Bonchev–Trinajstić information content (AvgIpc) is 2.55. The average molecular weight is 303 g/mol. The molecule has 0 fully saturated rings. The molecule has 0 aliphatic rings. The first kappa shape index (κ1) is 16.0. The third kappa shape index (κ3) is 4.05. The van der Waals surface area contributed by atoms with Crippen molar-refractivity contribution in [2.75, 3.05) is 13.7 Å². The molecule has 2 aromatic carbocycles. The van der Waals surface area contributed by atoms with Crippen molar-refractivity contribution in [2.24, 2.45) is 0 Å². The van der Waals surface area contributed by atoms with Gasteiger partial charge in [-0.25, -0.2) is 4.39 Å². The molecule has 22 heavy (non-hydrogen) atoms. The molecule has 2 aromatic rings. The molecule has 2 N–H and O–H groups in total. The first-order valence-corrected chi connectivity index (χ1v) is 6.96. The van der Waals surface area contributed by atoms with Crippen LogP contribution in [0.5, 0.6) is 5.75 Å². The van der Waals surface area contributed by atoms with E-state index in [1.165, 1.54) is 25.3 Å². The number of rotatable bonds is 6. The van der Waals surface area contributed by atoms with Gasteiger partial charge in [-0.15, -0.1) is 0 Å². The molecule has 0 radical (unpaired) electrons. The zero-order chi connectivity index (χ0) is 15.9. The molecule has 0 bridgehead atoms. The van der Waals surface area contributed by atoms with Gasteiger partial charge in [0.1, 0.15) is 0 Å². The monoisotopic (exact) mass is 303 g/mol. The molecule has 0 saturated carbocycles. The Morgan fingerprint density at radius 2 is 2.00 bits per heavy atom. The highest BCUT2D eigenvalue weighted by atomic mass is 19.1. The van der Waals surface area contributed by atoms with Crippen LogP contribution in [-0.4, -0.2) is 24.7 Å². The van der Waals surface area contributed by atoms with E-state index in [1.807, 2.05) is 30.3 Å². The number of carbonyl (C=O) groups excluding carboxylic acids is 1. The normalized spacial score (nSPS) is 11.8. The predicted molar refractivity (Wildman–Crippen MR) is 81.3 cm³/mol. The lowest BCUT2D eigenvalue weighted by Gasteiger charge is -2.12. The Labute approximate surface area is 128 Å². The van der Waals surface area contributed by atoms with Gasteiger partial charge in [-0.05, 0) is 30.2 Å². The molecule has 0 saturated heterocycles. The maximum absolute atomic E-state index is 13.3. The van der Waals surface area contributed by atoms with Crippen molar-refractivity contribution in [3.8, 4) is 5.75 Å². The van der Waals surface area contributed by atoms with E-state index in [-0.39, 0.29) is 11.7 Å². The minimum atomic E-state index is -0.635. The van der Waals surface area contributed by atoms with Gasteiger partial charge in [-0.1, -0.05) is 30.3 Å². The zero-order valence-corrected chi connectivity index (χ0v) is 12.3. The molecule has 1 unspecified atom stereocenters. The number of methoxy groups -OCH3 is 1. The number of nitrogens with one attached hydrogen (secondary N) is 1. The molecule has 0 aromatic heterocycles. The van der Waals surface area contributed by atoms with Gasteiger partial charge in [-0.3, -0.25) is 4.79 Å². The minimum Gasteiger partial charge on any atom is -0.494 e. The van der Waals surface area contributed by atoms with Crippen LogP contribution in [0, 0.1) is 5.82 Å². The summed E-state index contributed by atoms with van der Waals surface area (Å²) in [4.78, 5) is 12.0. The van der Waals surface area contributed by atoms with E-state index in [1.54, 1.807) is 0 Å². The topological polar surface area (TPSA) is 58.6 Å². The fourth-order valence-corrected chi connectivity index (χ4v) is 2.07. The highest BCUT2D eigenvalue weighted by molar-refractivity contribution is 5.94. The Morgan fingerprint density at radius 3 is 2.68 bits per heavy atom. The molecule has 1 amide bonds. The summed E-state index contributed by atoms with van der Waals surface area (Å²) >= 11 is 0. The maximum Gasteiger partial charge on any atom is 0.251 e. The molecule has 0 aliphatic heterocycles. The molecule has 0 aliphatic carbocycles. The second-order valence-electron chi connectivity index (χ2n) is 4.82. The predicted octanol–water partition coefficient (Wildman–Crippen LogP) is 2.69.